The topological polar surface area (TPSA) is 81.2 Å². The Hall–Kier alpha value is -3.06. The molecule has 126 valence electrons. The molecule has 0 spiro atoms. The molecule has 0 radical (unpaired) electrons. The van der Waals surface area contributed by atoms with Crippen molar-refractivity contribution in [2.75, 3.05) is 5.32 Å². The van der Waals surface area contributed by atoms with Crippen molar-refractivity contribution in [1.82, 2.24) is 9.97 Å². The molecule has 0 aliphatic carbocycles. The molecule has 3 rings (SSSR count). The van der Waals surface area contributed by atoms with Gasteiger partial charge in [0.2, 0.25) is 0 Å². The van der Waals surface area contributed by atoms with Gasteiger partial charge in [-0.05, 0) is 19.1 Å². The average molecular weight is 353 g/mol. The second-order valence-electron chi connectivity index (χ2n) is 5.16. The van der Waals surface area contributed by atoms with Gasteiger partial charge in [0.25, 0.3) is 5.91 Å². The van der Waals surface area contributed by atoms with Crippen LogP contribution in [0.3, 0.4) is 0 Å². The number of pyridine rings is 1. The number of nitrogens with one attached hydrogen (secondary N) is 1. The van der Waals surface area contributed by atoms with Gasteiger partial charge in [-0.15, -0.1) is 11.3 Å². The zero-order chi connectivity index (χ0) is 17.6. The third kappa shape index (κ3) is 4.27. The molecule has 2 aromatic heterocycles. The van der Waals surface area contributed by atoms with Crippen LogP contribution in [0.15, 0.2) is 60.1 Å². The number of aromatic nitrogens is 2. The molecule has 0 aliphatic rings. The smallest absolute Gasteiger partial charge is 0.357 e. The van der Waals surface area contributed by atoms with Crippen molar-refractivity contribution in [3.8, 4) is 11.3 Å². The first kappa shape index (κ1) is 16.8. The van der Waals surface area contributed by atoms with Crippen LogP contribution in [0.4, 0.5) is 5.13 Å². The molecule has 1 aromatic carbocycles. The van der Waals surface area contributed by atoms with Gasteiger partial charge in [-0.3, -0.25) is 10.1 Å². The van der Waals surface area contributed by atoms with Crippen LogP contribution in [0.1, 0.15) is 17.4 Å². The number of carbonyl (C=O) groups excluding carboxylic acids is 2. The Balaban J connectivity index is 1.60. The van der Waals surface area contributed by atoms with Crippen molar-refractivity contribution in [3.05, 3.63) is 65.8 Å². The van der Waals surface area contributed by atoms with Crippen molar-refractivity contribution in [3.63, 3.8) is 0 Å². The first-order chi connectivity index (χ1) is 12.1. The SMILES string of the molecule is C[C@H](OC(=O)c1ccccn1)C(=O)Nc1nc(-c2ccccc2)cs1. The maximum Gasteiger partial charge on any atom is 0.357 e. The Morgan fingerprint density at radius 3 is 2.60 bits per heavy atom. The second kappa shape index (κ2) is 7.67. The molecule has 0 unspecified atom stereocenters. The van der Waals surface area contributed by atoms with Gasteiger partial charge in [-0.1, -0.05) is 36.4 Å². The summed E-state index contributed by atoms with van der Waals surface area (Å²) in [5, 5.41) is 4.96. The highest BCUT2D eigenvalue weighted by Crippen LogP contribution is 2.24. The molecule has 2 heterocycles. The lowest BCUT2D eigenvalue weighted by atomic mass is 10.2. The first-order valence-electron chi connectivity index (χ1n) is 7.57. The van der Waals surface area contributed by atoms with Gasteiger partial charge in [-0.25, -0.2) is 14.8 Å². The summed E-state index contributed by atoms with van der Waals surface area (Å²) in [5.41, 5.74) is 1.90. The maximum atomic E-state index is 12.2. The van der Waals surface area contributed by atoms with Crippen LogP contribution in [0.25, 0.3) is 11.3 Å². The molecule has 0 aliphatic heterocycles. The standard InChI is InChI=1S/C18H15N3O3S/c1-12(24-17(23)14-9-5-6-10-19-14)16(22)21-18-20-15(11-25-18)13-7-3-2-4-8-13/h2-12H,1H3,(H,20,21,22)/t12-/m0/s1. The molecule has 3 aromatic rings. The summed E-state index contributed by atoms with van der Waals surface area (Å²) >= 11 is 1.31. The first-order valence-corrected chi connectivity index (χ1v) is 8.45. The van der Waals surface area contributed by atoms with Crippen LogP contribution in [-0.2, 0) is 9.53 Å². The number of benzene rings is 1. The van der Waals surface area contributed by atoms with Crippen LogP contribution in [0, 0.1) is 0 Å². The van der Waals surface area contributed by atoms with E-state index in [0.29, 0.717) is 5.13 Å². The number of hydrogen-bond donors (Lipinski definition) is 1. The second-order valence-corrected chi connectivity index (χ2v) is 6.01. The maximum absolute atomic E-state index is 12.2. The van der Waals surface area contributed by atoms with E-state index in [-0.39, 0.29) is 5.69 Å². The van der Waals surface area contributed by atoms with Crippen molar-refractivity contribution < 1.29 is 14.3 Å². The molecule has 6 nitrogen and oxygen atoms in total. The Kier molecular flexibility index (Phi) is 5.15. The summed E-state index contributed by atoms with van der Waals surface area (Å²) < 4.78 is 5.13. The summed E-state index contributed by atoms with van der Waals surface area (Å²) in [6.07, 6.45) is 0.528. The normalized spacial score (nSPS) is 11.6. The Morgan fingerprint density at radius 2 is 1.88 bits per heavy atom. The lowest BCUT2D eigenvalue weighted by Crippen LogP contribution is -2.30. The molecule has 1 atom stereocenters. The molecule has 0 bridgehead atoms. The minimum Gasteiger partial charge on any atom is -0.448 e. The van der Waals surface area contributed by atoms with Gasteiger partial charge in [0, 0.05) is 17.1 Å². The number of hydrogen-bond acceptors (Lipinski definition) is 6. The fourth-order valence-corrected chi connectivity index (χ4v) is 2.76. The zero-order valence-corrected chi connectivity index (χ0v) is 14.2. The third-order valence-corrected chi connectivity index (χ3v) is 4.09. The largest absolute Gasteiger partial charge is 0.448 e. The van der Waals surface area contributed by atoms with E-state index in [9.17, 15) is 9.59 Å². The molecular weight excluding hydrogens is 338 g/mol. The molecule has 7 heteroatoms. The van der Waals surface area contributed by atoms with Crippen molar-refractivity contribution in [2.24, 2.45) is 0 Å². The van der Waals surface area contributed by atoms with E-state index in [4.69, 9.17) is 4.74 Å². The van der Waals surface area contributed by atoms with Gasteiger partial charge < -0.3 is 4.74 Å². The Labute approximate surface area is 148 Å². The van der Waals surface area contributed by atoms with Crippen LogP contribution in [-0.4, -0.2) is 27.9 Å². The number of ether oxygens (including phenoxy) is 1. The molecule has 1 N–H and O–H groups in total. The van der Waals surface area contributed by atoms with E-state index in [1.165, 1.54) is 30.5 Å². The molecule has 0 fully saturated rings. The van der Waals surface area contributed by atoms with E-state index < -0.39 is 18.0 Å². The molecule has 25 heavy (non-hydrogen) atoms. The number of amides is 1. The van der Waals surface area contributed by atoms with Gasteiger partial charge in [0.15, 0.2) is 11.2 Å². The number of esters is 1. The van der Waals surface area contributed by atoms with Gasteiger partial charge >= 0.3 is 5.97 Å². The number of rotatable bonds is 5. The van der Waals surface area contributed by atoms with E-state index in [1.54, 1.807) is 12.1 Å². The summed E-state index contributed by atoms with van der Waals surface area (Å²) in [6.45, 7) is 1.50. The van der Waals surface area contributed by atoms with Gasteiger partial charge in [-0.2, -0.15) is 0 Å². The number of thiazole rings is 1. The summed E-state index contributed by atoms with van der Waals surface area (Å²) in [6, 6.07) is 14.6. The van der Waals surface area contributed by atoms with Crippen molar-refractivity contribution >= 4 is 28.3 Å². The van der Waals surface area contributed by atoms with Crippen LogP contribution in [0.2, 0.25) is 0 Å². The van der Waals surface area contributed by atoms with Crippen LogP contribution < -0.4 is 5.32 Å². The summed E-state index contributed by atoms with van der Waals surface area (Å²) in [5.74, 6) is -1.09. The molecular formula is C18H15N3O3S. The lowest BCUT2D eigenvalue weighted by Gasteiger charge is -2.11. The third-order valence-electron chi connectivity index (χ3n) is 3.33. The van der Waals surface area contributed by atoms with Crippen molar-refractivity contribution in [2.45, 2.75) is 13.0 Å². The quantitative estimate of drug-likeness (QED) is 0.711. The summed E-state index contributed by atoms with van der Waals surface area (Å²) in [4.78, 5) is 32.4. The zero-order valence-electron chi connectivity index (χ0n) is 13.4. The van der Waals surface area contributed by atoms with Crippen LogP contribution >= 0.6 is 11.3 Å². The van der Waals surface area contributed by atoms with Gasteiger partial charge in [0.1, 0.15) is 5.69 Å². The fourth-order valence-electron chi connectivity index (χ4n) is 2.04. The monoisotopic (exact) mass is 353 g/mol. The van der Waals surface area contributed by atoms with Crippen molar-refractivity contribution in [1.29, 1.82) is 0 Å². The highest BCUT2D eigenvalue weighted by molar-refractivity contribution is 7.14. The Morgan fingerprint density at radius 1 is 1.12 bits per heavy atom. The minimum absolute atomic E-state index is 0.155. The molecule has 0 saturated carbocycles. The number of carbonyl (C=O) groups is 2. The Bertz CT molecular complexity index is 866. The minimum atomic E-state index is -0.960. The van der Waals surface area contributed by atoms with Crippen LogP contribution in [0.5, 0.6) is 0 Å². The molecule has 0 saturated heterocycles. The predicted octanol–water partition coefficient (Wildman–Crippen LogP) is 3.39. The highest BCUT2D eigenvalue weighted by Gasteiger charge is 2.20. The van der Waals surface area contributed by atoms with E-state index >= 15 is 0 Å². The highest BCUT2D eigenvalue weighted by atomic mass is 32.1. The lowest BCUT2D eigenvalue weighted by molar-refractivity contribution is -0.123. The molecule has 1 amide bonds. The van der Waals surface area contributed by atoms with E-state index in [0.717, 1.165) is 11.3 Å². The average Bonchev–Trinajstić information content (AvgIpc) is 3.11. The predicted molar refractivity (Wildman–Crippen MR) is 95.3 cm³/mol. The number of anilines is 1. The van der Waals surface area contributed by atoms with E-state index in [1.807, 2.05) is 35.7 Å². The summed E-state index contributed by atoms with van der Waals surface area (Å²) in [7, 11) is 0. The number of nitrogens with zero attached hydrogens (tertiary/aromatic N) is 2. The fraction of sp³-hybridized carbons (Fsp3) is 0.111. The van der Waals surface area contributed by atoms with E-state index in [2.05, 4.69) is 15.3 Å². The van der Waals surface area contributed by atoms with Gasteiger partial charge in [0.05, 0.1) is 5.69 Å².